The number of aliphatic imine (C=N–C) groups is 1. The molecule has 1 saturated heterocycles. The summed E-state index contributed by atoms with van der Waals surface area (Å²) in [4.78, 5) is 19.0. The standard InChI is InChI=1S/C16H21N3OS/c1-4-5-10-17-16-18-15(20)14(21-16)11-12-6-8-13(9-7-12)19(2)3/h6-9,11H,4-5,10H2,1-3H3,(H,17,18,20). The van der Waals surface area contributed by atoms with Crippen LogP contribution >= 0.6 is 11.8 Å². The lowest BCUT2D eigenvalue weighted by Crippen LogP contribution is -2.19. The maximum atomic E-state index is 11.9. The van der Waals surface area contributed by atoms with Crippen LogP contribution in [0.5, 0.6) is 0 Å². The lowest BCUT2D eigenvalue weighted by atomic mass is 10.2. The number of nitrogens with one attached hydrogen (secondary N) is 1. The molecule has 1 heterocycles. The molecule has 4 nitrogen and oxygen atoms in total. The van der Waals surface area contributed by atoms with Gasteiger partial charge in [-0.15, -0.1) is 0 Å². The number of amidine groups is 1. The second-order valence-electron chi connectivity index (χ2n) is 5.09. The van der Waals surface area contributed by atoms with E-state index in [1.165, 1.54) is 11.8 Å². The van der Waals surface area contributed by atoms with Gasteiger partial charge in [-0.25, -0.2) is 0 Å². The van der Waals surface area contributed by atoms with Gasteiger partial charge in [-0.1, -0.05) is 25.5 Å². The zero-order valence-electron chi connectivity index (χ0n) is 12.7. The van der Waals surface area contributed by atoms with Gasteiger partial charge in [0, 0.05) is 26.3 Å². The summed E-state index contributed by atoms with van der Waals surface area (Å²) in [6.45, 7) is 2.90. The first kappa shape index (κ1) is 15.6. The van der Waals surface area contributed by atoms with E-state index in [1.54, 1.807) is 0 Å². The van der Waals surface area contributed by atoms with Crippen molar-refractivity contribution in [3.8, 4) is 0 Å². The summed E-state index contributed by atoms with van der Waals surface area (Å²) in [6, 6.07) is 8.12. The van der Waals surface area contributed by atoms with Crippen molar-refractivity contribution in [2.75, 3.05) is 25.5 Å². The van der Waals surface area contributed by atoms with Gasteiger partial charge in [0.05, 0.1) is 4.91 Å². The Morgan fingerprint density at radius 3 is 2.62 bits per heavy atom. The van der Waals surface area contributed by atoms with Gasteiger partial charge in [-0.2, -0.15) is 0 Å². The molecule has 0 unspecified atom stereocenters. The van der Waals surface area contributed by atoms with Gasteiger partial charge in [0.1, 0.15) is 0 Å². The van der Waals surface area contributed by atoms with Crippen molar-refractivity contribution in [1.29, 1.82) is 0 Å². The Bertz CT molecular complexity index is 561. The molecule has 1 aliphatic heterocycles. The Hall–Kier alpha value is -1.75. The van der Waals surface area contributed by atoms with Crippen LogP contribution in [0.25, 0.3) is 6.08 Å². The summed E-state index contributed by atoms with van der Waals surface area (Å²) >= 11 is 1.41. The maximum absolute atomic E-state index is 11.9. The third-order valence-electron chi connectivity index (χ3n) is 3.13. The van der Waals surface area contributed by atoms with E-state index in [0.29, 0.717) is 10.1 Å². The van der Waals surface area contributed by atoms with E-state index < -0.39 is 0 Å². The van der Waals surface area contributed by atoms with E-state index in [-0.39, 0.29) is 5.91 Å². The average Bonchev–Trinajstić information content (AvgIpc) is 2.80. The third kappa shape index (κ3) is 4.36. The van der Waals surface area contributed by atoms with Crippen LogP contribution in [0.1, 0.15) is 25.3 Å². The van der Waals surface area contributed by atoms with E-state index in [2.05, 4.69) is 17.2 Å². The van der Waals surface area contributed by atoms with Crippen molar-refractivity contribution < 1.29 is 4.79 Å². The first-order valence-corrected chi connectivity index (χ1v) is 7.94. The summed E-state index contributed by atoms with van der Waals surface area (Å²) in [6.07, 6.45) is 4.06. The number of hydrogen-bond acceptors (Lipinski definition) is 4. The molecule has 0 atom stereocenters. The lowest BCUT2D eigenvalue weighted by molar-refractivity contribution is -0.115. The van der Waals surface area contributed by atoms with Crippen LogP contribution < -0.4 is 10.2 Å². The minimum absolute atomic E-state index is 0.0630. The first-order valence-electron chi connectivity index (χ1n) is 7.13. The normalized spacial score (nSPS) is 18.3. The molecular weight excluding hydrogens is 282 g/mol. The molecule has 21 heavy (non-hydrogen) atoms. The highest BCUT2D eigenvalue weighted by Gasteiger charge is 2.23. The van der Waals surface area contributed by atoms with Crippen LogP contribution in [-0.4, -0.2) is 31.7 Å². The quantitative estimate of drug-likeness (QED) is 0.671. The van der Waals surface area contributed by atoms with E-state index in [4.69, 9.17) is 0 Å². The molecule has 2 rings (SSSR count). The van der Waals surface area contributed by atoms with Crippen LogP contribution in [0.15, 0.2) is 34.2 Å². The van der Waals surface area contributed by atoms with Gasteiger partial charge in [0.15, 0.2) is 5.17 Å². The number of nitrogens with zero attached hydrogens (tertiary/aromatic N) is 2. The van der Waals surface area contributed by atoms with Crippen molar-refractivity contribution in [3.05, 3.63) is 34.7 Å². The van der Waals surface area contributed by atoms with E-state index in [9.17, 15) is 4.79 Å². The van der Waals surface area contributed by atoms with Gasteiger partial charge in [-0.05, 0) is 42.0 Å². The minimum Gasteiger partial charge on any atom is -0.378 e. The Kier molecular flexibility index (Phi) is 5.44. The van der Waals surface area contributed by atoms with Gasteiger partial charge >= 0.3 is 0 Å². The maximum Gasteiger partial charge on any atom is 0.264 e. The van der Waals surface area contributed by atoms with Crippen LogP contribution in [-0.2, 0) is 4.79 Å². The highest BCUT2D eigenvalue weighted by Crippen LogP contribution is 2.26. The van der Waals surface area contributed by atoms with Crippen molar-refractivity contribution in [1.82, 2.24) is 5.32 Å². The summed E-state index contributed by atoms with van der Waals surface area (Å²) < 4.78 is 0. The smallest absolute Gasteiger partial charge is 0.264 e. The molecule has 0 spiro atoms. The molecule has 1 N–H and O–H groups in total. The zero-order valence-corrected chi connectivity index (χ0v) is 13.5. The van der Waals surface area contributed by atoms with Crippen LogP contribution in [0.4, 0.5) is 5.69 Å². The summed E-state index contributed by atoms with van der Waals surface area (Å²) in [5, 5.41) is 3.52. The fraction of sp³-hybridized carbons (Fsp3) is 0.375. The summed E-state index contributed by atoms with van der Waals surface area (Å²) in [5.41, 5.74) is 2.16. The lowest BCUT2D eigenvalue weighted by Gasteiger charge is -2.11. The van der Waals surface area contributed by atoms with Crippen LogP contribution in [0, 0.1) is 0 Å². The molecule has 112 valence electrons. The summed E-state index contributed by atoms with van der Waals surface area (Å²) in [5.74, 6) is -0.0630. The van der Waals surface area contributed by atoms with Crippen LogP contribution in [0.3, 0.4) is 0 Å². The highest BCUT2D eigenvalue weighted by atomic mass is 32.2. The van der Waals surface area contributed by atoms with Crippen molar-refractivity contribution >= 4 is 34.6 Å². The largest absolute Gasteiger partial charge is 0.378 e. The number of unbranched alkanes of at least 4 members (excludes halogenated alkanes) is 1. The Morgan fingerprint density at radius 1 is 1.29 bits per heavy atom. The highest BCUT2D eigenvalue weighted by molar-refractivity contribution is 8.18. The van der Waals surface area contributed by atoms with Gasteiger partial charge in [0.25, 0.3) is 5.91 Å². The molecule has 0 saturated carbocycles. The van der Waals surface area contributed by atoms with E-state index in [0.717, 1.165) is 30.6 Å². The number of hydrogen-bond donors (Lipinski definition) is 1. The zero-order chi connectivity index (χ0) is 15.2. The molecule has 1 fully saturated rings. The topological polar surface area (TPSA) is 44.7 Å². The molecule has 1 aromatic rings. The van der Waals surface area contributed by atoms with Gasteiger partial charge in [0.2, 0.25) is 0 Å². The fourth-order valence-electron chi connectivity index (χ4n) is 1.86. The second kappa shape index (κ2) is 7.31. The van der Waals surface area contributed by atoms with E-state index in [1.807, 2.05) is 49.3 Å². The van der Waals surface area contributed by atoms with Crippen molar-refractivity contribution in [2.45, 2.75) is 19.8 Å². The molecule has 1 amide bonds. The molecule has 5 heteroatoms. The Labute approximate surface area is 130 Å². The molecular formula is C16H21N3OS. The molecule has 0 bridgehead atoms. The number of carbonyl (C=O) groups is 1. The number of rotatable bonds is 5. The number of carbonyl (C=O) groups excluding carboxylic acids is 1. The van der Waals surface area contributed by atoms with E-state index >= 15 is 0 Å². The number of thioether (sulfide) groups is 1. The third-order valence-corrected chi connectivity index (χ3v) is 4.07. The molecule has 1 aromatic carbocycles. The number of benzene rings is 1. The van der Waals surface area contributed by atoms with Crippen LogP contribution in [0.2, 0.25) is 0 Å². The average molecular weight is 303 g/mol. The minimum atomic E-state index is -0.0630. The number of anilines is 1. The fourth-order valence-corrected chi connectivity index (χ4v) is 2.71. The van der Waals surface area contributed by atoms with Crippen molar-refractivity contribution in [3.63, 3.8) is 0 Å². The second-order valence-corrected chi connectivity index (χ2v) is 6.12. The monoisotopic (exact) mass is 303 g/mol. The Balaban J connectivity index is 2.07. The Morgan fingerprint density at radius 2 is 2.00 bits per heavy atom. The van der Waals surface area contributed by atoms with Gasteiger partial charge < -0.3 is 10.2 Å². The molecule has 0 aliphatic carbocycles. The molecule has 1 aliphatic rings. The molecule has 0 aromatic heterocycles. The number of amides is 1. The summed E-state index contributed by atoms with van der Waals surface area (Å²) in [7, 11) is 4.01. The molecule has 0 radical (unpaired) electrons. The predicted octanol–water partition coefficient (Wildman–Crippen LogP) is 3.11. The van der Waals surface area contributed by atoms with Gasteiger partial charge in [-0.3, -0.25) is 9.79 Å². The first-order chi connectivity index (χ1) is 10.1. The predicted molar refractivity (Wildman–Crippen MR) is 91.7 cm³/mol. The van der Waals surface area contributed by atoms with Crippen molar-refractivity contribution in [2.24, 2.45) is 4.99 Å². The SMILES string of the molecule is CCCCN=C1NC(=O)C(=Cc2ccc(N(C)C)cc2)S1.